The van der Waals surface area contributed by atoms with Crippen LogP contribution in [-0.2, 0) is 14.4 Å². The highest BCUT2D eigenvalue weighted by atomic mass is 19.4. The van der Waals surface area contributed by atoms with E-state index in [0.29, 0.717) is 38.3 Å². The van der Waals surface area contributed by atoms with Crippen LogP contribution in [-0.4, -0.2) is 73.2 Å². The lowest BCUT2D eigenvalue weighted by Gasteiger charge is -2.34. The number of hydrogen-bond acceptors (Lipinski definition) is 5. The average Bonchev–Trinajstić information content (AvgIpc) is 2.66. The van der Waals surface area contributed by atoms with Gasteiger partial charge in [0.25, 0.3) is 0 Å². The first-order valence-electron chi connectivity index (χ1n) is 9.09. The van der Waals surface area contributed by atoms with Crippen LogP contribution in [0.2, 0.25) is 0 Å². The van der Waals surface area contributed by atoms with Crippen LogP contribution < -0.4 is 15.4 Å². The number of halogens is 3. The largest absolute Gasteiger partial charge is 0.573 e. The molecule has 0 aromatic heterocycles. The number of nitrogens with one attached hydrogen (secondary N) is 2. The molecule has 8 nitrogen and oxygen atoms in total. The molecule has 160 valence electrons. The highest BCUT2D eigenvalue weighted by Crippen LogP contribution is 2.23. The Kier molecular flexibility index (Phi) is 7.82. The second-order valence-electron chi connectivity index (χ2n) is 6.41. The summed E-state index contributed by atoms with van der Waals surface area (Å²) >= 11 is 0. The SMILES string of the molecule is CCC(=O)NCC(=O)N1CCN(CC(=O)Nc2ccc(OC(F)(F)F)cc2)CC1. The second kappa shape index (κ2) is 10.1. The van der Waals surface area contributed by atoms with E-state index in [1.54, 1.807) is 11.8 Å². The van der Waals surface area contributed by atoms with Gasteiger partial charge in [0.05, 0.1) is 13.1 Å². The molecular weight excluding hydrogens is 393 g/mol. The van der Waals surface area contributed by atoms with Gasteiger partial charge >= 0.3 is 6.36 Å². The van der Waals surface area contributed by atoms with Crippen molar-refractivity contribution in [2.24, 2.45) is 0 Å². The number of rotatable bonds is 7. The van der Waals surface area contributed by atoms with E-state index < -0.39 is 6.36 Å². The van der Waals surface area contributed by atoms with Crippen molar-refractivity contribution >= 4 is 23.4 Å². The fourth-order valence-corrected chi connectivity index (χ4v) is 2.71. The molecule has 0 atom stereocenters. The second-order valence-corrected chi connectivity index (χ2v) is 6.41. The number of benzene rings is 1. The first kappa shape index (κ1) is 22.5. The Morgan fingerprint density at radius 1 is 1.03 bits per heavy atom. The number of amides is 3. The summed E-state index contributed by atoms with van der Waals surface area (Å²) in [5, 5.41) is 5.14. The van der Waals surface area contributed by atoms with Crippen LogP contribution in [0.15, 0.2) is 24.3 Å². The first-order valence-corrected chi connectivity index (χ1v) is 9.09. The molecule has 1 heterocycles. The van der Waals surface area contributed by atoms with Gasteiger partial charge in [0.2, 0.25) is 17.7 Å². The summed E-state index contributed by atoms with van der Waals surface area (Å²) in [5.41, 5.74) is 0.352. The third-order valence-corrected chi connectivity index (χ3v) is 4.22. The summed E-state index contributed by atoms with van der Waals surface area (Å²) < 4.78 is 40.2. The highest BCUT2D eigenvalue weighted by Gasteiger charge is 2.31. The minimum Gasteiger partial charge on any atom is -0.406 e. The summed E-state index contributed by atoms with van der Waals surface area (Å²) in [6.45, 7) is 3.64. The van der Waals surface area contributed by atoms with E-state index in [9.17, 15) is 27.6 Å². The molecule has 0 unspecified atom stereocenters. The molecule has 2 N–H and O–H groups in total. The van der Waals surface area contributed by atoms with Gasteiger partial charge in [-0.25, -0.2) is 0 Å². The van der Waals surface area contributed by atoms with Crippen LogP contribution in [0.3, 0.4) is 0 Å². The van der Waals surface area contributed by atoms with E-state index in [-0.39, 0.29) is 36.6 Å². The molecule has 0 bridgehead atoms. The number of carbonyl (C=O) groups excluding carboxylic acids is 3. The summed E-state index contributed by atoms with van der Waals surface area (Å²) in [7, 11) is 0. The van der Waals surface area contributed by atoms with Crippen molar-refractivity contribution in [2.75, 3.05) is 44.6 Å². The number of piperazine rings is 1. The third kappa shape index (κ3) is 7.98. The number of nitrogens with zero attached hydrogens (tertiary/aromatic N) is 2. The standard InChI is InChI=1S/C18H23F3N4O4/c1-2-15(26)22-11-17(28)25-9-7-24(8-10-25)12-16(27)23-13-3-5-14(6-4-13)29-18(19,20)21/h3-6H,2,7-12H2,1H3,(H,22,26)(H,23,27). The highest BCUT2D eigenvalue weighted by molar-refractivity contribution is 5.92. The number of hydrogen-bond donors (Lipinski definition) is 2. The molecule has 1 aromatic rings. The molecule has 29 heavy (non-hydrogen) atoms. The lowest BCUT2D eigenvalue weighted by atomic mass is 10.2. The number of carbonyl (C=O) groups is 3. The van der Waals surface area contributed by atoms with Gasteiger partial charge in [-0.1, -0.05) is 6.92 Å². The van der Waals surface area contributed by atoms with Gasteiger partial charge in [-0.05, 0) is 24.3 Å². The molecule has 1 aromatic carbocycles. The van der Waals surface area contributed by atoms with Crippen molar-refractivity contribution in [1.29, 1.82) is 0 Å². The maximum atomic E-state index is 12.1. The zero-order valence-electron chi connectivity index (χ0n) is 15.9. The smallest absolute Gasteiger partial charge is 0.406 e. The van der Waals surface area contributed by atoms with Crippen molar-refractivity contribution in [3.05, 3.63) is 24.3 Å². The maximum Gasteiger partial charge on any atom is 0.573 e. The average molecular weight is 416 g/mol. The van der Waals surface area contributed by atoms with Crippen LogP contribution in [0.25, 0.3) is 0 Å². The lowest BCUT2D eigenvalue weighted by Crippen LogP contribution is -2.52. The fourth-order valence-electron chi connectivity index (χ4n) is 2.71. The molecule has 1 fully saturated rings. The molecule has 0 saturated carbocycles. The molecule has 3 amide bonds. The Hall–Kier alpha value is -2.82. The van der Waals surface area contributed by atoms with Crippen molar-refractivity contribution in [1.82, 2.24) is 15.1 Å². The van der Waals surface area contributed by atoms with Crippen LogP contribution in [0, 0.1) is 0 Å². The van der Waals surface area contributed by atoms with Crippen molar-refractivity contribution in [2.45, 2.75) is 19.7 Å². The third-order valence-electron chi connectivity index (χ3n) is 4.22. The lowest BCUT2D eigenvalue weighted by molar-refractivity contribution is -0.274. The molecule has 1 saturated heterocycles. The van der Waals surface area contributed by atoms with Gasteiger partial charge in [0, 0.05) is 38.3 Å². The Labute approximate surface area is 166 Å². The Morgan fingerprint density at radius 2 is 1.66 bits per heavy atom. The predicted molar refractivity (Wildman–Crippen MR) is 98.1 cm³/mol. The van der Waals surface area contributed by atoms with Crippen LogP contribution in [0.5, 0.6) is 5.75 Å². The van der Waals surface area contributed by atoms with Crippen LogP contribution in [0.4, 0.5) is 18.9 Å². The minimum absolute atomic E-state index is 0.0405. The summed E-state index contributed by atoms with van der Waals surface area (Å²) in [4.78, 5) is 38.9. The molecular formula is C18H23F3N4O4. The topological polar surface area (TPSA) is 91.0 Å². The Morgan fingerprint density at radius 3 is 2.21 bits per heavy atom. The van der Waals surface area contributed by atoms with Gasteiger partial charge in [-0.2, -0.15) is 0 Å². The minimum atomic E-state index is -4.77. The summed E-state index contributed by atoms with van der Waals surface area (Å²) in [6, 6.07) is 4.87. The van der Waals surface area contributed by atoms with Gasteiger partial charge in [0.1, 0.15) is 5.75 Å². The van der Waals surface area contributed by atoms with E-state index in [1.807, 2.05) is 4.90 Å². The fraction of sp³-hybridized carbons (Fsp3) is 0.500. The Balaban J connectivity index is 1.72. The molecule has 1 aliphatic rings. The van der Waals surface area contributed by atoms with Crippen molar-refractivity contribution in [3.8, 4) is 5.75 Å². The number of anilines is 1. The van der Waals surface area contributed by atoms with Gasteiger partial charge in [-0.15, -0.1) is 13.2 Å². The Bertz CT molecular complexity index is 717. The number of alkyl halides is 3. The molecule has 2 rings (SSSR count). The monoisotopic (exact) mass is 416 g/mol. The van der Waals surface area contributed by atoms with Crippen LogP contribution in [0.1, 0.15) is 13.3 Å². The molecule has 0 spiro atoms. The van der Waals surface area contributed by atoms with E-state index in [2.05, 4.69) is 15.4 Å². The quantitative estimate of drug-likeness (QED) is 0.697. The van der Waals surface area contributed by atoms with E-state index >= 15 is 0 Å². The van der Waals surface area contributed by atoms with Crippen molar-refractivity contribution in [3.63, 3.8) is 0 Å². The summed E-state index contributed by atoms with van der Waals surface area (Å²) in [5.74, 6) is -1.04. The normalized spacial score (nSPS) is 15.0. The van der Waals surface area contributed by atoms with Crippen LogP contribution >= 0.6 is 0 Å². The predicted octanol–water partition coefficient (Wildman–Crippen LogP) is 1.19. The maximum absolute atomic E-state index is 12.1. The van der Waals surface area contributed by atoms with Gasteiger partial charge in [0.15, 0.2) is 0 Å². The zero-order chi connectivity index (χ0) is 21.4. The summed E-state index contributed by atoms with van der Waals surface area (Å²) in [6.07, 6.45) is -4.45. The molecule has 1 aliphatic heterocycles. The number of ether oxygens (including phenoxy) is 1. The van der Waals surface area contributed by atoms with E-state index in [4.69, 9.17) is 0 Å². The van der Waals surface area contributed by atoms with Crippen molar-refractivity contribution < 1.29 is 32.3 Å². The van der Waals surface area contributed by atoms with E-state index in [1.165, 1.54) is 12.1 Å². The van der Waals surface area contributed by atoms with Gasteiger partial charge < -0.3 is 20.3 Å². The first-order chi connectivity index (χ1) is 13.7. The molecule has 11 heteroatoms. The molecule has 0 radical (unpaired) electrons. The van der Waals surface area contributed by atoms with E-state index in [0.717, 1.165) is 12.1 Å². The molecule has 0 aliphatic carbocycles. The van der Waals surface area contributed by atoms with Gasteiger partial charge in [-0.3, -0.25) is 19.3 Å². The zero-order valence-corrected chi connectivity index (χ0v) is 15.9.